The summed E-state index contributed by atoms with van der Waals surface area (Å²) in [4.78, 5) is 19.4. The van der Waals surface area contributed by atoms with Gasteiger partial charge >= 0.3 is 0 Å². The lowest BCUT2D eigenvalue weighted by Gasteiger charge is -2.34. The van der Waals surface area contributed by atoms with Crippen LogP contribution in [0, 0.1) is 6.92 Å². The van der Waals surface area contributed by atoms with Crippen LogP contribution in [0.4, 0.5) is 5.13 Å². The van der Waals surface area contributed by atoms with Gasteiger partial charge in [0.15, 0.2) is 10.8 Å². The van der Waals surface area contributed by atoms with Gasteiger partial charge in [-0.15, -0.1) is 0 Å². The summed E-state index contributed by atoms with van der Waals surface area (Å²) in [6.07, 6.45) is 0.680. The summed E-state index contributed by atoms with van der Waals surface area (Å²) < 4.78 is 2.90. The molecule has 1 atom stereocenters. The molecule has 1 aliphatic heterocycles. The van der Waals surface area contributed by atoms with Crippen molar-refractivity contribution in [2.45, 2.75) is 19.4 Å². The number of aryl methyl sites for hydroxylation is 2. The Labute approximate surface area is 144 Å². The van der Waals surface area contributed by atoms with Gasteiger partial charge in [0, 0.05) is 26.6 Å². The monoisotopic (exact) mass is 341 g/mol. The summed E-state index contributed by atoms with van der Waals surface area (Å²) in [5.41, 5.74) is 3.03. The molecule has 1 aliphatic rings. The van der Waals surface area contributed by atoms with E-state index in [0.717, 1.165) is 33.3 Å². The molecule has 0 radical (unpaired) electrons. The number of amides is 1. The molecule has 4 rings (SSSR count). The highest BCUT2D eigenvalue weighted by Gasteiger charge is 2.32. The van der Waals surface area contributed by atoms with Gasteiger partial charge in [-0.05, 0) is 12.5 Å². The smallest absolute Gasteiger partial charge is 0.243 e. The van der Waals surface area contributed by atoms with Gasteiger partial charge in [-0.1, -0.05) is 41.7 Å². The number of fused-ring (bicyclic) bond motifs is 1. The van der Waals surface area contributed by atoms with Gasteiger partial charge in [0.05, 0.1) is 10.4 Å². The number of rotatable bonds is 3. The van der Waals surface area contributed by atoms with Crippen LogP contribution in [0.2, 0.25) is 0 Å². The van der Waals surface area contributed by atoms with Crippen molar-refractivity contribution in [1.29, 1.82) is 0 Å². The Morgan fingerprint density at radius 3 is 2.88 bits per heavy atom. The van der Waals surface area contributed by atoms with E-state index >= 15 is 0 Å². The van der Waals surface area contributed by atoms with E-state index in [9.17, 15) is 4.79 Å². The Bertz CT molecular complexity index is 851. The zero-order chi connectivity index (χ0) is 16.7. The van der Waals surface area contributed by atoms with Gasteiger partial charge in [0.1, 0.15) is 6.04 Å². The summed E-state index contributed by atoms with van der Waals surface area (Å²) >= 11 is 1.62. The van der Waals surface area contributed by atoms with E-state index in [1.807, 2.05) is 32.2 Å². The lowest BCUT2D eigenvalue weighted by atomic mass is 10.0. The van der Waals surface area contributed by atoms with Crippen molar-refractivity contribution in [2.75, 3.05) is 18.0 Å². The van der Waals surface area contributed by atoms with Crippen molar-refractivity contribution >= 4 is 32.7 Å². The van der Waals surface area contributed by atoms with Gasteiger partial charge < -0.3 is 10.2 Å². The number of aromatic nitrogens is 3. The molecule has 0 saturated carbocycles. The third kappa shape index (κ3) is 2.54. The second-order valence-electron chi connectivity index (χ2n) is 6.05. The topological polar surface area (TPSA) is 63.1 Å². The fourth-order valence-electron chi connectivity index (χ4n) is 3.18. The minimum Gasteiger partial charge on any atom is -0.353 e. The highest BCUT2D eigenvalue weighted by molar-refractivity contribution is 7.22. The van der Waals surface area contributed by atoms with Gasteiger partial charge in [-0.25, -0.2) is 9.67 Å². The number of hydrogen-bond donors (Lipinski definition) is 1. The summed E-state index contributed by atoms with van der Waals surface area (Å²) in [5, 5.41) is 8.29. The van der Waals surface area contributed by atoms with Crippen molar-refractivity contribution < 1.29 is 4.79 Å². The highest BCUT2D eigenvalue weighted by atomic mass is 32.1. The molecule has 124 valence electrons. The van der Waals surface area contributed by atoms with E-state index in [0.29, 0.717) is 13.0 Å². The first-order chi connectivity index (χ1) is 11.6. The number of piperazine rings is 1. The molecule has 3 heterocycles. The minimum absolute atomic E-state index is 0.0687. The van der Waals surface area contributed by atoms with Gasteiger partial charge in [0.25, 0.3) is 0 Å². The second kappa shape index (κ2) is 5.90. The Morgan fingerprint density at radius 1 is 1.33 bits per heavy atom. The predicted molar refractivity (Wildman–Crippen MR) is 95.4 cm³/mol. The third-order valence-corrected chi connectivity index (χ3v) is 5.57. The van der Waals surface area contributed by atoms with Crippen LogP contribution in [0.15, 0.2) is 30.3 Å². The predicted octanol–water partition coefficient (Wildman–Crippen LogP) is 1.89. The molecule has 1 amide bonds. The molecule has 1 aromatic carbocycles. The normalized spacial score (nSPS) is 18.2. The molecule has 1 N–H and O–H groups in total. The fraction of sp³-hybridized carbons (Fsp3) is 0.353. The zero-order valence-electron chi connectivity index (χ0n) is 13.7. The van der Waals surface area contributed by atoms with Crippen molar-refractivity contribution in [3.05, 3.63) is 41.6 Å². The van der Waals surface area contributed by atoms with E-state index in [1.165, 1.54) is 0 Å². The number of anilines is 1. The largest absolute Gasteiger partial charge is 0.353 e. The van der Waals surface area contributed by atoms with Gasteiger partial charge in [0.2, 0.25) is 5.91 Å². The van der Waals surface area contributed by atoms with E-state index in [2.05, 4.69) is 27.4 Å². The maximum Gasteiger partial charge on any atom is 0.243 e. The molecule has 1 fully saturated rings. The Balaban J connectivity index is 1.69. The van der Waals surface area contributed by atoms with Crippen LogP contribution in [-0.2, 0) is 18.3 Å². The second-order valence-corrected chi connectivity index (χ2v) is 7.03. The van der Waals surface area contributed by atoms with Crippen molar-refractivity contribution in [2.24, 2.45) is 7.05 Å². The van der Waals surface area contributed by atoms with Crippen molar-refractivity contribution in [3.8, 4) is 0 Å². The Morgan fingerprint density at radius 2 is 2.12 bits per heavy atom. The SMILES string of the molecule is Cc1nn(C)c2nc(N3CCNC(=O)[C@H]3Cc3ccccc3)sc12. The van der Waals surface area contributed by atoms with Crippen molar-refractivity contribution in [3.63, 3.8) is 0 Å². The molecule has 0 bridgehead atoms. The molecule has 24 heavy (non-hydrogen) atoms. The number of benzene rings is 1. The zero-order valence-corrected chi connectivity index (χ0v) is 14.5. The lowest BCUT2D eigenvalue weighted by molar-refractivity contribution is -0.123. The van der Waals surface area contributed by atoms with Crippen molar-refractivity contribution in [1.82, 2.24) is 20.1 Å². The first kappa shape index (κ1) is 15.1. The molecule has 7 heteroatoms. The van der Waals surface area contributed by atoms with Crippen LogP contribution in [0.3, 0.4) is 0 Å². The number of hydrogen-bond acceptors (Lipinski definition) is 5. The molecule has 0 unspecified atom stereocenters. The van der Waals surface area contributed by atoms with Crippen LogP contribution < -0.4 is 10.2 Å². The molecule has 3 aromatic rings. The summed E-state index contributed by atoms with van der Waals surface area (Å²) in [6, 6.07) is 9.90. The highest BCUT2D eigenvalue weighted by Crippen LogP contribution is 2.32. The number of nitrogens with one attached hydrogen (secondary N) is 1. The Kier molecular flexibility index (Phi) is 3.72. The number of carbonyl (C=O) groups is 1. The maximum atomic E-state index is 12.5. The average Bonchev–Trinajstić information content (AvgIpc) is 3.12. The van der Waals surface area contributed by atoms with Gasteiger partial charge in [-0.2, -0.15) is 5.10 Å². The third-order valence-electron chi connectivity index (χ3n) is 4.38. The summed E-state index contributed by atoms with van der Waals surface area (Å²) in [7, 11) is 1.91. The summed E-state index contributed by atoms with van der Waals surface area (Å²) in [5.74, 6) is 0.0687. The first-order valence-corrected chi connectivity index (χ1v) is 8.83. The van der Waals surface area contributed by atoms with Gasteiger partial charge in [-0.3, -0.25) is 4.79 Å². The fourth-order valence-corrected chi connectivity index (χ4v) is 4.29. The molecule has 1 saturated heterocycles. The quantitative estimate of drug-likeness (QED) is 0.790. The summed E-state index contributed by atoms with van der Waals surface area (Å²) in [6.45, 7) is 3.42. The number of carbonyl (C=O) groups excluding carboxylic acids is 1. The molecule has 0 spiro atoms. The molecular formula is C17H19N5OS. The van der Waals surface area contributed by atoms with E-state index in [-0.39, 0.29) is 11.9 Å². The van der Waals surface area contributed by atoms with Crippen LogP contribution in [0.25, 0.3) is 10.3 Å². The molecule has 2 aromatic heterocycles. The number of thiazole rings is 1. The molecule has 0 aliphatic carbocycles. The van der Waals surface area contributed by atoms with E-state index in [1.54, 1.807) is 16.0 Å². The maximum absolute atomic E-state index is 12.5. The standard InChI is InChI=1S/C17H19N5OS/c1-11-14-15(21(2)20-11)19-17(24-14)22-9-8-18-16(23)13(22)10-12-6-4-3-5-7-12/h3-7,13H,8-10H2,1-2H3,(H,18,23)/t13-/m1/s1. The van der Waals surface area contributed by atoms with E-state index in [4.69, 9.17) is 4.98 Å². The Hall–Kier alpha value is -2.41. The number of nitrogens with zero attached hydrogens (tertiary/aromatic N) is 4. The average molecular weight is 341 g/mol. The molecular weight excluding hydrogens is 322 g/mol. The van der Waals surface area contributed by atoms with Crippen LogP contribution in [0.1, 0.15) is 11.3 Å². The van der Waals surface area contributed by atoms with E-state index < -0.39 is 0 Å². The minimum atomic E-state index is -0.227. The molecule has 6 nitrogen and oxygen atoms in total. The lowest BCUT2D eigenvalue weighted by Crippen LogP contribution is -2.56. The van der Waals surface area contributed by atoms with Crippen LogP contribution in [0.5, 0.6) is 0 Å². The first-order valence-electron chi connectivity index (χ1n) is 8.02. The van der Waals surface area contributed by atoms with Crippen LogP contribution >= 0.6 is 11.3 Å². The van der Waals surface area contributed by atoms with Crippen LogP contribution in [-0.4, -0.2) is 39.8 Å².